The zero-order valence-electron chi connectivity index (χ0n) is 16.6. The fourth-order valence-corrected chi connectivity index (χ4v) is 4.16. The van der Waals surface area contributed by atoms with E-state index < -0.39 is 0 Å². The fourth-order valence-electron chi connectivity index (χ4n) is 3.86. The Morgan fingerprint density at radius 3 is 2.52 bits per heavy atom. The average Bonchev–Trinajstić information content (AvgIpc) is 3.05. The number of amides is 1. The lowest BCUT2D eigenvalue weighted by atomic mass is 10.1. The van der Waals surface area contributed by atoms with Crippen LogP contribution in [0.5, 0.6) is 0 Å². The lowest BCUT2D eigenvalue weighted by Crippen LogP contribution is -2.30. The molecule has 1 heterocycles. The van der Waals surface area contributed by atoms with Gasteiger partial charge in [-0.3, -0.25) is 4.79 Å². The number of hydrogen-bond acceptors (Lipinski definition) is 2. The van der Waals surface area contributed by atoms with Crippen LogP contribution in [0, 0.1) is 0 Å². The number of aromatic nitrogens is 1. The van der Waals surface area contributed by atoms with Crippen molar-refractivity contribution in [1.82, 2.24) is 9.88 Å². The van der Waals surface area contributed by atoms with Crippen molar-refractivity contribution in [3.63, 3.8) is 0 Å². The van der Waals surface area contributed by atoms with Gasteiger partial charge in [-0.2, -0.15) is 0 Å². The molecule has 1 aromatic heterocycles. The highest BCUT2D eigenvalue weighted by molar-refractivity contribution is 6.31. The number of anilines is 1. The van der Waals surface area contributed by atoms with Crippen molar-refractivity contribution in [1.29, 1.82) is 0 Å². The topological polar surface area (TPSA) is 46.1 Å². The van der Waals surface area contributed by atoms with Crippen LogP contribution in [0.3, 0.4) is 0 Å². The van der Waals surface area contributed by atoms with Gasteiger partial charge in [-0.1, -0.05) is 48.0 Å². The Morgan fingerprint density at radius 2 is 1.72 bits per heavy atom. The molecule has 1 unspecified atom stereocenters. The summed E-state index contributed by atoms with van der Waals surface area (Å²) in [5.74, 6) is -0.0810. The molecule has 148 valence electrons. The van der Waals surface area contributed by atoms with Crippen molar-refractivity contribution in [2.45, 2.75) is 26.4 Å². The maximum Gasteiger partial charge on any atom is 0.238 e. The summed E-state index contributed by atoms with van der Waals surface area (Å²) in [5, 5.41) is 9.29. The largest absolute Gasteiger partial charge is 0.341 e. The van der Waals surface area contributed by atoms with E-state index in [9.17, 15) is 4.79 Å². The van der Waals surface area contributed by atoms with Crippen LogP contribution < -0.4 is 10.6 Å². The highest BCUT2D eigenvalue weighted by Crippen LogP contribution is 2.31. The fraction of sp³-hybridized carbons (Fsp3) is 0.208. The third kappa shape index (κ3) is 3.86. The molecule has 3 aromatic carbocycles. The van der Waals surface area contributed by atoms with Crippen LogP contribution in [0.15, 0.2) is 66.7 Å². The summed E-state index contributed by atoms with van der Waals surface area (Å²) < 4.78 is 2.29. The van der Waals surface area contributed by atoms with Crippen LogP contribution in [-0.2, 0) is 11.3 Å². The van der Waals surface area contributed by atoms with Gasteiger partial charge in [0.05, 0.1) is 6.54 Å². The minimum Gasteiger partial charge on any atom is -0.341 e. The molecular weight excluding hydrogens is 382 g/mol. The molecule has 0 saturated carbocycles. The monoisotopic (exact) mass is 405 g/mol. The Hall–Kier alpha value is -2.82. The molecule has 0 fully saturated rings. The lowest BCUT2D eigenvalue weighted by Gasteiger charge is -2.15. The number of nitrogens with zero attached hydrogens (tertiary/aromatic N) is 1. The molecule has 5 heteroatoms. The Kier molecular flexibility index (Phi) is 5.56. The zero-order chi connectivity index (χ0) is 20.4. The van der Waals surface area contributed by atoms with Gasteiger partial charge >= 0.3 is 0 Å². The van der Waals surface area contributed by atoms with Crippen molar-refractivity contribution < 1.29 is 4.79 Å². The van der Waals surface area contributed by atoms with Gasteiger partial charge in [0.15, 0.2) is 0 Å². The first-order chi connectivity index (χ1) is 14.1. The van der Waals surface area contributed by atoms with Crippen LogP contribution in [0.2, 0.25) is 5.02 Å². The van der Waals surface area contributed by atoms with Crippen LogP contribution in [0.4, 0.5) is 5.69 Å². The molecule has 0 aliphatic carbocycles. The second-order valence-electron chi connectivity index (χ2n) is 7.17. The molecule has 0 saturated heterocycles. The third-order valence-electron chi connectivity index (χ3n) is 5.31. The molecule has 0 radical (unpaired) electrons. The summed E-state index contributed by atoms with van der Waals surface area (Å²) >= 11 is 6.24. The van der Waals surface area contributed by atoms with E-state index in [-0.39, 0.29) is 18.5 Å². The van der Waals surface area contributed by atoms with E-state index in [1.165, 1.54) is 16.4 Å². The summed E-state index contributed by atoms with van der Waals surface area (Å²) in [7, 11) is 0. The van der Waals surface area contributed by atoms with E-state index in [1.807, 2.05) is 43.3 Å². The summed E-state index contributed by atoms with van der Waals surface area (Å²) in [6.45, 7) is 5.26. The highest BCUT2D eigenvalue weighted by Gasteiger charge is 2.13. The van der Waals surface area contributed by atoms with E-state index in [2.05, 4.69) is 52.5 Å². The van der Waals surface area contributed by atoms with E-state index in [1.54, 1.807) is 0 Å². The molecule has 4 aromatic rings. The van der Waals surface area contributed by atoms with Gasteiger partial charge in [-0.05, 0) is 49.7 Å². The van der Waals surface area contributed by atoms with Gasteiger partial charge in [0.1, 0.15) is 0 Å². The highest BCUT2D eigenvalue weighted by atomic mass is 35.5. The Morgan fingerprint density at radius 1 is 1.00 bits per heavy atom. The Labute approximate surface area is 175 Å². The molecule has 1 atom stereocenters. The Bertz CT molecular complexity index is 1180. The summed E-state index contributed by atoms with van der Waals surface area (Å²) in [6, 6.07) is 22.1. The first-order valence-electron chi connectivity index (χ1n) is 9.87. The third-order valence-corrected chi connectivity index (χ3v) is 5.66. The van der Waals surface area contributed by atoms with E-state index in [0.717, 1.165) is 23.2 Å². The number of carbonyl (C=O) groups is 1. The van der Waals surface area contributed by atoms with Crippen LogP contribution in [0.25, 0.3) is 21.8 Å². The minimum atomic E-state index is -0.0810. The molecule has 29 heavy (non-hydrogen) atoms. The lowest BCUT2D eigenvalue weighted by molar-refractivity contribution is -0.115. The van der Waals surface area contributed by atoms with Crippen molar-refractivity contribution in [2.24, 2.45) is 0 Å². The van der Waals surface area contributed by atoms with Crippen molar-refractivity contribution >= 4 is 45.0 Å². The van der Waals surface area contributed by atoms with Crippen LogP contribution in [0.1, 0.15) is 25.5 Å². The molecule has 4 rings (SSSR count). The first kappa shape index (κ1) is 19.5. The van der Waals surface area contributed by atoms with Gasteiger partial charge in [0.2, 0.25) is 5.91 Å². The standard InChI is InChI=1S/C24H24ClN3O/c1-3-28-22-11-7-5-9-19(22)20-14-17(12-13-23(20)28)27-24(29)15-26-16(2)18-8-4-6-10-21(18)25/h4-14,16,26H,3,15H2,1-2H3,(H,27,29). The van der Waals surface area contributed by atoms with Crippen molar-refractivity contribution in [3.8, 4) is 0 Å². The summed E-state index contributed by atoms with van der Waals surface area (Å²) in [4.78, 5) is 12.5. The predicted octanol–water partition coefficient (Wildman–Crippen LogP) is 5.76. The van der Waals surface area contributed by atoms with Crippen LogP contribution >= 0.6 is 11.6 Å². The zero-order valence-corrected chi connectivity index (χ0v) is 17.3. The maximum absolute atomic E-state index is 12.5. The van der Waals surface area contributed by atoms with Gasteiger partial charge < -0.3 is 15.2 Å². The van der Waals surface area contributed by atoms with E-state index in [4.69, 9.17) is 11.6 Å². The summed E-state index contributed by atoms with van der Waals surface area (Å²) in [5.41, 5.74) is 4.17. The second-order valence-corrected chi connectivity index (χ2v) is 7.57. The van der Waals surface area contributed by atoms with Gasteiger partial charge in [-0.25, -0.2) is 0 Å². The molecule has 0 aliphatic rings. The molecule has 4 nitrogen and oxygen atoms in total. The minimum absolute atomic E-state index is 0.0144. The second kappa shape index (κ2) is 8.27. The number of carbonyl (C=O) groups excluding carboxylic acids is 1. The smallest absolute Gasteiger partial charge is 0.238 e. The van der Waals surface area contributed by atoms with Gasteiger partial charge in [0, 0.05) is 45.1 Å². The molecular formula is C24H24ClN3O. The Balaban J connectivity index is 1.50. The van der Waals surface area contributed by atoms with Crippen molar-refractivity contribution in [3.05, 3.63) is 77.3 Å². The first-order valence-corrected chi connectivity index (χ1v) is 10.2. The average molecular weight is 406 g/mol. The quantitative estimate of drug-likeness (QED) is 0.428. The van der Waals surface area contributed by atoms with Crippen LogP contribution in [-0.4, -0.2) is 17.0 Å². The number of nitrogens with one attached hydrogen (secondary N) is 2. The molecule has 0 bridgehead atoms. The molecule has 0 spiro atoms. The number of hydrogen-bond donors (Lipinski definition) is 2. The number of para-hydroxylation sites is 1. The molecule has 1 amide bonds. The maximum atomic E-state index is 12.5. The molecule has 0 aliphatic heterocycles. The van der Waals surface area contributed by atoms with Crippen molar-refractivity contribution in [2.75, 3.05) is 11.9 Å². The summed E-state index contributed by atoms with van der Waals surface area (Å²) in [6.07, 6.45) is 0. The predicted molar refractivity (Wildman–Crippen MR) is 122 cm³/mol. The van der Waals surface area contributed by atoms with Gasteiger partial charge in [-0.15, -0.1) is 0 Å². The molecule has 2 N–H and O–H groups in total. The normalized spacial score (nSPS) is 12.4. The number of halogens is 1. The van der Waals surface area contributed by atoms with Gasteiger partial charge in [0.25, 0.3) is 0 Å². The number of benzene rings is 3. The number of rotatable bonds is 6. The number of aryl methyl sites for hydroxylation is 1. The van der Waals surface area contributed by atoms with E-state index >= 15 is 0 Å². The SMILES string of the molecule is CCn1c2ccccc2c2cc(NC(=O)CNC(C)c3ccccc3Cl)ccc21. The number of fused-ring (bicyclic) bond motifs is 3. The van der Waals surface area contributed by atoms with E-state index in [0.29, 0.717) is 5.02 Å².